The Morgan fingerprint density at radius 2 is 1.91 bits per heavy atom. The lowest BCUT2D eigenvalue weighted by molar-refractivity contribution is -0.384. The molecule has 2 rings (SSSR count). The molecule has 0 aliphatic rings. The van der Waals surface area contributed by atoms with Gasteiger partial charge in [0, 0.05) is 22.2 Å². The second-order valence-corrected chi connectivity index (χ2v) is 5.54. The molecule has 114 valence electrons. The Bertz CT molecular complexity index is 698. The van der Waals surface area contributed by atoms with Crippen LogP contribution in [0.15, 0.2) is 46.9 Å². The normalized spacial score (nSPS) is 10.8. The number of rotatable bonds is 6. The molecule has 0 amide bonds. The molecule has 0 saturated carbocycles. The van der Waals surface area contributed by atoms with E-state index in [1.165, 1.54) is 12.1 Å². The summed E-state index contributed by atoms with van der Waals surface area (Å²) in [5.74, 6) is 0.649. The maximum Gasteiger partial charge on any atom is 0.270 e. The van der Waals surface area contributed by atoms with E-state index in [1.807, 2.05) is 43.3 Å². The van der Waals surface area contributed by atoms with Gasteiger partial charge in [0.15, 0.2) is 0 Å². The molecule has 0 atom stereocenters. The third-order valence-corrected chi connectivity index (χ3v) is 3.74. The molecule has 0 spiro atoms. The van der Waals surface area contributed by atoms with Crippen molar-refractivity contribution in [1.82, 2.24) is 0 Å². The second-order valence-electron chi connectivity index (χ2n) is 4.68. The Labute approximate surface area is 137 Å². The molecule has 0 heterocycles. The van der Waals surface area contributed by atoms with Gasteiger partial charge in [0.1, 0.15) is 5.75 Å². The quantitative estimate of drug-likeness (QED) is 0.397. The summed E-state index contributed by atoms with van der Waals surface area (Å²) < 4.78 is 6.62. The van der Waals surface area contributed by atoms with E-state index >= 15 is 0 Å². The molecule has 0 bridgehead atoms. The Hall–Kier alpha value is -2.14. The molecular weight excluding hydrogens is 346 g/mol. The topological polar surface area (TPSA) is 52.4 Å². The average molecular weight is 362 g/mol. The largest absolute Gasteiger partial charge is 0.493 e. The van der Waals surface area contributed by atoms with Crippen molar-refractivity contribution in [2.75, 3.05) is 6.61 Å². The van der Waals surface area contributed by atoms with E-state index in [-0.39, 0.29) is 5.69 Å². The highest BCUT2D eigenvalue weighted by atomic mass is 79.9. The molecule has 0 unspecified atom stereocenters. The minimum atomic E-state index is -0.403. The maximum absolute atomic E-state index is 10.9. The van der Waals surface area contributed by atoms with Crippen LogP contribution in [0.3, 0.4) is 0 Å². The van der Waals surface area contributed by atoms with E-state index in [4.69, 9.17) is 4.74 Å². The van der Waals surface area contributed by atoms with E-state index in [1.54, 1.807) is 6.07 Å². The Morgan fingerprint density at radius 1 is 1.18 bits per heavy atom. The van der Waals surface area contributed by atoms with Crippen molar-refractivity contribution in [2.24, 2.45) is 0 Å². The number of hydrogen-bond donors (Lipinski definition) is 0. The van der Waals surface area contributed by atoms with Gasteiger partial charge in [-0.15, -0.1) is 0 Å². The van der Waals surface area contributed by atoms with Gasteiger partial charge >= 0.3 is 0 Å². The fraction of sp³-hybridized carbons (Fsp3) is 0.176. The van der Waals surface area contributed by atoms with Gasteiger partial charge < -0.3 is 4.74 Å². The Balaban J connectivity index is 2.35. The first-order valence-electron chi connectivity index (χ1n) is 6.95. The molecule has 4 nitrogen and oxygen atoms in total. The summed E-state index contributed by atoms with van der Waals surface area (Å²) >= 11 is 3.48. The van der Waals surface area contributed by atoms with Crippen LogP contribution < -0.4 is 4.74 Å². The lowest BCUT2D eigenvalue weighted by Crippen LogP contribution is -1.98. The van der Waals surface area contributed by atoms with Gasteiger partial charge in [-0.05, 0) is 24.1 Å². The fourth-order valence-electron chi connectivity index (χ4n) is 1.91. The molecule has 0 aliphatic heterocycles. The number of benzene rings is 2. The third-order valence-electron chi connectivity index (χ3n) is 3.01. The van der Waals surface area contributed by atoms with Crippen LogP contribution in [-0.4, -0.2) is 11.5 Å². The summed E-state index contributed by atoms with van der Waals surface area (Å²) in [6.45, 7) is 2.59. The number of non-ortho nitro benzene ring substituents is 1. The SMILES string of the molecule is CCCOc1ccc([N+](=O)[O-])cc1C=Cc1ccccc1Br. The smallest absolute Gasteiger partial charge is 0.270 e. The molecule has 22 heavy (non-hydrogen) atoms. The molecule has 0 radical (unpaired) electrons. The van der Waals surface area contributed by atoms with Crippen LogP contribution in [0.1, 0.15) is 24.5 Å². The molecular formula is C17H16BrNO3. The van der Waals surface area contributed by atoms with Crippen LogP contribution in [0.5, 0.6) is 5.75 Å². The summed E-state index contributed by atoms with van der Waals surface area (Å²) in [6, 6.07) is 12.4. The zero-order chi connectivity index (χ0) is 15.9. The standard InChI is InChI=1S/C17H16BrNO3/c1-2-11-22-17-10-9-15(19(20)21)12-14(17)8-7-13-5-3-4-6-16(13)18/h3-10,12H,2,11H2,1H3. The fourth-order valence-corrected chi connectivity index (χ4v) is 2.33. The van der Waals surface area contributed by atoms with Crippen LogP contribution in [0.4, 0.5) is 5.69 Å². The van der Waals surface area contributed by atoms with Gasteiger partial charge in [0.05, 0.1) is 11.5 Å². The van der Waals surface area contributed by atoms with E-state index in [0.717, 1.165) is 16.5 Å². The summed E-state index contributed by atoms with van der Waals surface area (Å²) in [6.07, 6.45) is 4.62. The highest BCUT2D eigenvalue weighted by Gasteiger charge is 2.10. The van der Waals surface area contributed by atoms with Gasteiger partial charge in [-0.3, -0.25) is 10.1 Å². The molecule has 5 heteroatoms. The van der Waals surface area contributed by atoms with Gasteiger partial charge in [-0.25, -0.2) is 0 Å². The van der Waals surface area contributed by atoms with E-state index in [0.29, 0.717) is 17.9 Å². The molecule has 0 aliphatic carbocycles. The summed E-state index contributed by atoms with van der Waals surface area (Å²) in [5.41, 5.74) is 1.74. The first-order valence-corrected chi connectivity index (χ1v) is 7.75. The van der Waals surface area contributed by atoms with Gasteiger partial charge in [-0.1, -0.05) is 53.2 Å². The van der Waals surface area contributed by atoms with Crippen LogP contribution in [0, 0.1) is 10.1 Å². The first-order chi connectivity index (χ1) is 10.6. The monoisotopic (exact) mass is 361 g/mol. The highest BCUT2D eigenvalue weighted by Crippen LogP contribution is 2.27. The van der Waals surface area contributed by atoms with Gasteiger partial charge in [0.25, 0.3) is 5.69 Å². The summed E-state index contributed by atoms with van der Waals surface area (Å²) in [5, 5.41) is 10.9. The summed E-state index contributed by atoms with van der Waals surface area (Å²) in [4.78, 5) is 10.5. The zero-order valence-corrected chi connectivity index (χ0v) is 13.7. The van der Waals surface area contributed by atoms with Crippen molar-refractivity contribution >= 4 is 33.8 Å². The van der Waals surface area contributed by atoms with Gasteiger partial charge in [0.2, 0.25) is 0 Å². The Kier molecular flexibility index (Phi) is 5.72. The van der Waals surface area contributed by atoms with Crippen LogP contribution in [0.2, 0.25) is 0 Å². The second kappa shape index (κ2) is 7.75. The van der Waals surface area contributed by atoms with Gasteiger partial charge in [-0.2, -0.15) is 0 Å². The predicted molar refractivity (Wildman–Crippen MR) is 92.0 cm³/mol. The van der Waals surface area contributed by atoms with Crippen molar-refractivity contribution in [3.8, 4) is 5.75 Å². The first kappa shape index (κ1) is 16.2. The molecule has 0 saturated heterocycles. The van der Waals surface area contributed by atoms with Crippen LogP contribution in [-0.2, 0) is 0 Å². The molecule has 2 aromatic rings. The number of nitro groups is 1. The van der Waals surface area contributed by atoms with Crippen LogP contribution >= 0.6 is 15.9 Å². The number of nitro benzene ring substituents is 1. The van der Waals surface area contributed by atoms with E-state index in [2.05, 4.69) is 15.9 Å². The van der Waals surface area contributed by atoms with Crippen molar-refractivity contribution in [1.29, 1.82) is 0 Å². The van der Waals surface area contributed by atoms with E-state index in [9.17, 15) is 10.1 Å². The molecule has 2 aromatic carbocycles. The van der Waals surface area contributed by atoms with E-state index < -0.39 is 4.92 Å². The minimum Gasteiger partial charge on any atom is -0.493 e. The lowest BCUT2D eigenvalue weighted by atomic mass is 10.1. The Morgan fingerprint density at radius 3 is 2.59 bits per heavy atom. The summed E-state index contributed by atoms with van der Waals surface area (Å²) in [7, 11) is 0. The number of hydrogen-bond acceptors (Lipinski definition) is 3. The number of ether oxygens (including phenoxy) is 1. The third kappa shape index (κ3) is 4.18. The maximum atomic E-state index is 10.9. The van der Waals surface area contributed by atoms with Crippen molar-refractivity contribution in [2.45, 2.75) is 13.3 Å². The predicted octanol–water partition coefficient (Wildman–Crippen LogP) is 5.32. The highest BCUT2D eigenvalue weighted by molar-refractivity contribution is 9.10. The molecule has 0 N–H and O–H groups in total. The van der Waals surface area contributed by atoms with Crippen molar-refractivity contribution < 1.29 is 9.66 Å². The lowest BCUT2D eigenvalue weighted by Gasteiger charge is -2.08. The zero-order valence-electron chi connectivity index (χ0n) is 12.2. The average Bonchev–Trinajstić information content (AvgIpc) is 2.52. The number of halogens is 1. The molecule has 0 aromatic heterocycles. The number of nitrogens with zero attached hydrogens (tertiary/aromatic N) is 1. The molecule has 0 fully saturated rings. The van der Waals surface area contributed by atoms with Crippen LogP contribution in [0.25, 0.3) is 12.2 Å². The van der Waals surface area contributed by atoms with Crippen molar-refractivity contribution in [3.63, 3.8) is 0 Å². The van der Waals surface area contributed by atoms with Crippen molar-refractivity contribution in [3.05, 3.63) is 68.2 Å². The minimum absolute atomic E-state index is 0.0515.